The van der Waals surface area contributed by atoms with E-state index < -0.39 is 5.97 Å². The van der Waals surface area contributed by atoms with E-state index in [9.17, 15) is 4.79 Å². The Morgan fingerprint density at radius 1 is 1.30 bits per heavy atom. The van der Waals surface area contributed by atoms with Crippen LogP contribution >= 0.6 is 0 Å². The van der Waals surface area contributed by atoms with Gasteiger partial charge in [-0.1, -0.05) is 23.8 Å². The molecule has 1 aromatic carbocycles. The molecule has 3 aromatic rings. The zero-order valence-corrected chi connectivity index (χ0v) is 10.7. The van der Waals surface area contributed by atoms with Gasteiger partial charge in [-0.15, -0.1) is 0 Å². The number of carbonyl (C=O) groups is 1. The van der Waals surface area contributed by atoms with Crippen LogP contribution in [0.5, 0.6) is 0 Å². The molecule has 6 heteroatoms. The van der Waals surface area contributed by atoms with E-state index in [0.29, 0.717) is 17.2 Å². The minimum absolute atomic E-state index is 0.0782. The van der Waals surface area contributed by atoms with Crippen molar-refractivity contribution in [1.82, 2.24) is 14.6 Å². The SMILES string of the molecule is Cc1cccc(-c2cc(N)n3nc(C(=O)O)cc3n2)c1. The van der Waals surface area contributed by atoms with Gasteiger partial charge < -0.3 is 10.8 Å². The van der Waals surface area contributed by atoms with Gasteiger partial charge in [-0.3, -0.25) is 0 Å². The van der Waals surface area contributed by atoms with Gasteiger partial charge >= 0.3 is 5.97 Å². The number of hydrogen-bond donors (Lipinski definition) is 2. The van der Waals surface area contributed by atoms with Gasteiger partial charge in [0.05, 0.1) is 5.69 Å². The highest BCUT2D eigenvalue weighted by molar-refractivity contribution is 5.87. The first kappa shape index (κ1) is 12.2. The van der Waals surface area contributed by atoms with E-state index in [1.165, 1.54) is 10.6 Å². The van der Waals surface area contributed by atoms with Crippen LogP contribution in [0.4, 0.5) is 5.82 Å². The van der Waals surface area contributed by atoms with E-state index in [0.717, 1.165) is 11.1 Å². The van der Waals surface area contributed by atoms with Gasteiger partial charge in [-0.05, 0) is 13.0 Å². The number of anilines is 1. The molecule has 0 aliphatic carbocycles. The van der Waals surface area contributed by atoms with Crippen LogP contribution in [0.3, 0.4) is 0 Å². The normalized spacial score (nSPS) is 10.8. The third kappa shape index (κ3) is 1.97. The number of benzene rings is 1. The molecule has 6 nitrogen and oxygen atoms in total. The first-order valence-corrected chi connectivity index (χ1v) is 6.01. The van der Waals surface area contributed by atoms with Gasteiger partial charge in [0.15, 0.2) is 11.3 Å². The van der Waals surface area contributed by atoms with Crippen LogP contribution in [-0.2, 0) is 0 Å². The Morgan fingerprint density at radius 3 is 2.80 bits per heavy atom. The number of aryl methyl sites for hydroxylation is 1. The van der Waals surface area contributed by atoms with Crippen LogP contribution in [0.25, 0.3) is 16.9 Å². The van der Waals surface area contributed by atoms with Crippen LogP contribution in [0.2, 0.25) is 0 Å². The molecule has 3 rings (SSSR count). The third-order valence-electron chi connectivity index (χ3n) is 2.99. The average Bonchev–Trinajstić information content (AvgIpc) is 2.83. The molecular weight excluding hydrogens is 256 g/mol. The molecule has 0 spiro atoms. The number of nitrogens with two attached hydrogens (primary N) is 1. The maximum atomic E-state index is 10.9. The van der Waals surface area contributed by atoms with Crippen molar-refractivity contribution in [3.63, 3.8) is 0 Å². The molecular formula is C14H12N4O2. The summed E-state index contributed by atoms with van der Waals surface area (Å²) < 4.78 is 1.32. The molecule has 0 fully saturated rings. The predicted octanol–water partition coefficient (Wildman–Crippen LogP) is 1.99. The fourth-order valence-electron chi connectivity index (χ4n) is 2.05. The lowest BCUT2D eigenvalue weighted by Gasteiger charge is -2.05. The number of carboxylic acid groups (broad SMARTS) is 1. The second kappa shape index (κ2) is 4.34. The van der Waals surface area contributed by atoms with E-state index in [1.807, 2.05) is 31.2 Å². The molecule has 2 heterocycles. The molecule has 0 aliphatic rings. The Hall–Kier alpha value is -2.89. The number of hydrogen-bond acceptors (Lipinski definition) is 4. The molecule has 0 saturated carbocycles. The molecule has 2 aromatic heterocycles. The standard InChI is InChI=1S/C14H12N4O2/c1-8-3-2-4-9(5-8)10-6-12(15)18-13(16-10)7-11(17-18)14(19)20/h2-7H,15H2,1H3,(H,19,20). The topological polar surface area (TPSA) is 93.5 Å². The van der Waals surface area contributed by atoms with Crippen molar-refractivity contribution in [3.8, 4) is 11.3 Å². The summed E-state index contributed by atoms with van der Waals surface area (Å²) in [5.41, 5.74) is 8.98. The zero-order valence-electron chi connectivity index (χ0n) is 10.7. The summed E-state index contributed by atoms with van der Waals surface area (Å²) in [4.78, 5) is 15.3. The Labute approximate surface area is 114 Å². The van der Waals surface area contributed by atoms with Crippen LogP contribution in [-0.4, -0.2) is 25.7 Å². The Kier molecular flexibility index (Phi) is 2.64. The van der Waals surface area contributed by atoms with Gasteiger partial charge in [0, 0.05) is 17.7 Å². The molecule has 100 valence electrons. The van der Waals surface area contributed by atoms with Crippen molar-refractivity contribution >= 4 is 17.4 Å². The molecule has 0 bridgehead atoms. The molecule has 0 unspecified atom stereocenters. The maximum absolute atomic E-state index is 10.9. The van der Waals surface area contributed by atoms with Gasteiger partial charge in [-0.2, -0.15) is 9.61 Å². The van der Waals surface area contributed by atoms with Crippen molar-refractivity contribution < 1.29 is 9.90 Å². The number of rotatable bonds is 2. The molecule has 0 atom stereocenters. The lowest BCUT2D eigenvalue weighted by Crippen LogP contribution is -2.02. The fraction of sp³-hybridized carbons (Fsp3) is 0.0714. The monoisotopic (exact) mass is 268 g/mol. The maximum Gasteiger partial charge on any atom is 0.356 e. The van der Waals surface area contributed by atoms with Crippen LogP contribution in [0.15, 0.2) is 36.4 Å². The van der Waals surface area contributed by atoms with E-state index in [4.69, 9.17) is 10.8 Å². The van der Waals surface area contributed by atoms with E-state index in [2.05, 4.69) is 10.1 Å². The van der Waals surface area contributed by atoms with Crippen molar-refractivity contribution in [1.29, 1.82) is 0 Å². The second-order valence-electron chi connectivity index (χ2n) is 4.54. The highest BCUT2D eigenvalue weighted by Crippen LogP contribution is 2.22. The lowest BCUT2D eigenvalue weighted by atomic mass is 10.1. The van der Waals surface area contributed by atoms with Crippen LogP contribution in [0, 0.1) is 6.92 Å². The summed E-state index contributed by atoms with van der Waals surface area (Å²) in [6, 6.07) is 10.9. The van der Waals surface area contributed by atoms with E-state index in [-0.39, 0.29) is 5.69 Å². The minimum atomic E-state index is -1.10. The number of aromatic carboxylic acids is 1. The number of nitrogens with zero attached hydrogens (tertiary/aromatic N) is 3. The predicted molar refractivity (Wildman–Crippen MR) is 74.5 cm³/mol. The summed E-state index contributed by atoms with van der Waals surface area (Å²) in [7, 11) is 0. The highest BCUT2D eigenvalue weighted by atomic mass is 16.4. The van der Waals surface area contributed by atoms with Crippen molar-refractivity contribution in [2.75, 3.05) is 5.73 Å². The van der Waals surface area contributed by atoms with Gasteiger partial charge in [0.2, 0.25) is 0 Å². The summed E-state index contributed by atoms with van der Waals surface area (Å²) in [6.45, 7) is 1.99. The summed E-state index contributed by atoms with van der Waals surface area (Å²) in [6.07, 6.45) is 0. The molecule has 0 aliphatic heterocycles. The third-order valence-corrected chi connectivity index (χ3v) is 2.99. The van der Waals surface area contributed by atoms with Gasteiger partial charge in [-0.25, -0.2) is 9.78 Å². The van der Waals surface area contributed by atoms with E-state index >= 15 is 0 Å². The molecule has 0 amide bonds. The second-order valence-corrected chi connectivity index (χ2v) is 4.54. The largest absolute Gasteiger partial charge is 0.476 e. The van der Waals surface area contributed by atoms with Gasteiger partial charge in [0.1, 0.15) is 5.82 Å². The first-order chi connectivity index (χ1) is 9.54. The first-order valence-electron chi connectivity index (χ1n) is 6.01. The number of carboxylic acids is 1. The van der Waals surface area contributed by atoms with Crippen LogP contribution in [0.1, 0.15) is 16.1 Å². The summed E-state index contributed by atoms with van der Waals surface area (Å²) in [5, 5.41) is 12.8. The molecule has 0 radical (unpaired) electrons. The van der Waals surface area contributed by atoms with Crippen LogP contribution < -0.4 is 5.73 Å². The minimum Gasteiger partial charge on any atom is -0.476 e. The smallest absolute Gasteiger partial charge is 0.356 e. The summed E-state index contributed by atoms with van der Waals surface area (Å²) in [5.74, 6) is -0.758. The quantitative estimate of drug-likeness (QED) is 0.741. The zero-order chi connectivity index (χ0) is 14.3. The summed E-state index contributed by atoms with van der Waals surface area (Å²) >= 11 is 0. The Bertz CT molecular complexity index is 823. The van der Waals surface area contributed by atoms with Crippen molar-refractivity contribution in [3.05, 3.63) is 47.7 Å². The lowest BCUT2D eigenvalue weighted by molar-refractivity contribution is 0.0690. The van der Waals surface area contributed by atoms with Crippen molar-refractivity contribution in [2.45, 2.75) is 6.92 Å². The van der Waals surface area contributed by atoms with Gasteiger partial charge in [0.25, 0.3) is 0 Å². The van der Waals surface area contributed by atoms with E-state index in [1.54, 1.807) is 6.07 Å². The average molecular weight is 268 g/mol. The molecule has 20 heavy (non-hydrogen) atoms. The number of fused-ring (bicyclic) bond motifs is 1. The fourth-order valence-corrected chi connectivity index (χ4v) is 2.05. The Balaban J connectivity index is 2.21. The highest BCUT2D eigenvalue weighted by Gasteiger charge is 2.13. The number of nitrogen functional groups attached to an aromatic ring is 1. The molecule has 0 saturated heterocycles. The molecule has 3 N–H and O–H groups in total. The Morgan fingerprint density at radius 2 is 2.10 bits per heavy atom. The number of aromatic nitrogens is 3. The van der Waals surface area contributed by atoms with Crippen molar-refractivity contribution in [2.24, 2.45) is 0 Å².